The van der Waals surface area contributed by atoms with Crippen LogP contribution in [0.15, 0.2) is 24.3 Å². The first-order chi connectivity index (χ1) is 9.99. The number of carbonyl (C=O) groups is 2. The first-order valence-electron chi connectivity index (χ1n) is 6.57. The summed E-state index contributed by atoms with van der Waals surface area (Å²) < 4.78 is 29.1. The highest BCUT2D eigenvalue weighted by Crippen LogP contribution is 2.22. The SMILES string of the molecule is CC(=O)N1CCN(C(=O)c2ccccc2OC(F)F)CC1. The van der Waals surface area contributed by atoms with Crippen molar-refractivity contribution in [3.63, 3.8) is 0 Å². The van der Waals surface area contributed by atoms with Crippen LogP contribution in [0.3, 0.4) is 0 Å². The third kappa shape index (κ3) is 3.68. The van der Waals surface area contributed by atoms with Gasteiger partial charge in [-0.2, -0.15) is 8.78 Å². The van der Waals surface area contributed by atoms with E-state index in [9.17, 15) is 18.4 Å². The first-order valence-corrected chi connectivity index (χ1v) is 6.57. The summed E-state index contributed by atoms with van der Waals surface area (Å²) in [5, 5.41) is 0. The summed E-state index contributed by atoms with van der Waals surface area (Å²) >= 11 is 0. The molecule has 0 bridgehead atoms. The average Bonchev–Trinajstić information content (AvgIpc) is 2.46. The largest absolute Gasteiger partial charge is 0.434 e. The van der Waals surface area contributed by atoms with E-state index >= 15 is 0 Å². The number of alkyl halides is 2. The molecule has 2 rings (SSSR count). The molecule has 1 aliphatic rings. The molecule has 7 heteroatoms. The number of hydrogen-bond donors (Lipinski definition) is 0. The van der Waals surface area contributed by atoms with Gasteiger partial charge in [0.05, 0.1) is 5.56 Å². The number of carbonyl (C=O) groups excluding carboxylic acids is 2. The van der Waals surface area contributed by atoms with Crippen LogP contribution in [0.25, 0.3) is 0 Å². The van der Waals surface area contributed by atoms with E-state index in [0.717, 1.165) is 0 Å². The smallest absolute Gasteiger partial charge is 0.387 e. The Hall–Kier alpha value is -2.18. The topological polar surface area (TPSA) is 49.9 Å². The molecule has 0 radical (unpaired) electrons. The fourth-order valence-electron chi connectivity index (χ4n) is 2.24. The van der Waals surface area contributed by atoms with Gasteiger partial charge in [0.1, 0.15) is 5.75 Å². The van der Waals surface area contributed by atoms with E-state index in [4.69, 9.17) is 0 Å². The van der Waals surface area contributed by atoms with Gasteiger partial charge in [-0.1, -0.05) is 12.1 Å². The number of para-hydroxylation sites is 1. The van der Waals surface area contributed by atoms with Crippen molar-refractivity contribution in [3.8, 4) is 5.75 Å². The van der Waals surface area contributed by atoms with Crippen molar-refractivity contribution in [1.29, 1.82) is 0 Å². The van der Waals surface area contributed by atoms with Crippen molar-refractivity contribution in [2.45, 2.75) is 13.5 Å². The highest BCUT2D eigenvalue weighted by atomic mass is 19.3. The Labute approximate surface area is 121 Å². The van der Waals surface area contributed by atoms with E-state index in [-0.39, 0.29) is 23.1 Å². The van der Waals surface area contributed by atoms with Gasteiger partial charge in [0.15, 0.2) is 0 Å². The third-order valence-electron chi connectivity index (χ3n) is 3.35. The van der Waals surface area contributed by atoms with Gasteiger partial charge in [-0.05, 0) is 12.1 Å². The molecule has 1 aromatic rings. The molecule has 1 heterocycles. The molecule has 21 heavy (non-hydrogen) atoms. The molecule has 5 nitrogen and oxygen atoms in total. The Morgan fingerprint density at radius 3 is 2.24 bits per heavy atom. The fraction of sp³-hybridized carbons (Fsp3) is 0.429. The molecular weight excluding hydrogens is 282 g/mol. The average molecular weight is 298 g/mol. The number of halogens is 2. The number of rotatable bonds is 3. The van der Waals surface area contributed by atoms with Gasteiger partial charge in [0.2, 0.25) is 5.91 Å². The zero-order valence-corrected chi connectivity index (χ0v) is 11.6. The lowest BCUT2D eigenvalue weighted by molar-refractivity contribution is -0.130. The minimum absolute atomic E-state index is 0.0384. The lowest BCUT2D eigenvalue weighted by Gasteiger charge is -2.34. The standard InChI is InChI=1S/C14H16F2N2O3/c1-10(19)17-6-8-18(9-7-17)13(20)11-4-2-3-5-12(11)21-14(15)16/h2-5,14H,6-9H2,1H3. The second kappa shape index (κ2) is 6.51. The number of hydrogen-bond acceptors (Lipinski definition) is 3. The normalized spacial score (nSPS) is 15.2. The van der Waals surface area contributed by atoms with E-state index in [2.05, 4.69) is 4.74 Å². The molecule has 114 valence electrons. The highest BCUT2D eigenvalue weighted by Gasteiger charge is 2.25. The lowest BCUT2D eigenvalue weighted by atomic mass is 10.1. The van der Waals surface area contributed by atoms with Crippen molar-refractivity contribution in [3.05, 3.63) is 29.8 Å². The molecule has 0 N–H and O–H groups in total. The minimum atomic E-state index is -2.98. The van der Waals surface area contributed by atoms with E-state index in [1.165, 1.54) is 30.0 Å². The van der Waals surface area contributed by atoms with E-state index in [0.29, 0.717) is 26.2 Å². The molecule has 0 saturated carbocycles. The van der Waals surface area contributed by atoms with Gasteiger partial charge >= 0.3 is 6.61 Å². The molecule has 1 aromatic carbocycles. The lowest BCUT2D eigenvalue weighted by Crippen LogP contribution is -2.50. The number of piperazine rings is 1. The third-order valence-corrected chi connectivity index (χ3v) is 3.35. The number of benzene rings is 1. The summed E-state index contributed by atoms with van der Waals surface area (Å²) in [6.45, 7) is 0.137. The Bertz CT molecular complexity index is 529. The van der Waals surface area contributed by atoms with Crippen LogP contribution in [-0.2, 0) is 4.79 Å². The fourth-order valence-corrected chi connectivity index (χ4v) is 2.24. The maximum Gasteiger partial charge on any atom is 0.387 e. The van der Waals surface area contributed by atoms with Crippen LogP contribution < -0.4 is 4.74 Å². The van der Waals surface area contributed by atoms with Crippen molar-refractivity contribution in [2.24, 2.45) is 0 Å². The van der Waals surface area contributed by atoms with Gasteiger partial charge in [-0.25, -0.2) is 0 Å². The van der Waals surface area contributed by atoms with Crippen molar-refractivity contribution >= 4 is 11.8 Å². The highest BCUT2D eigenvalue weighted by molar-refractivity contribution is 5.97. The van der Waals surface area contributed by atoms with Crippen LogP contribution in [0.4, 0.5) is 8.78 Å². The predicted octanol–water partition coefficient (Wildman–Crippen LogP) is 1.59. The van der Waals surface area contributed by atoms with Crippen LogP contribution >= 0.6 is 0 Å². The van der Waals surface area contributed by atoms with Crippen LogP contribution in [-0.4, -0.2) is 54.4 Å². The van der Waals surface area contributed by atoms with Crippen LogP contribution in [0, 0.1) is 0 Å². The second-order valence-electron chi connectivity index (χ2n) is 4.67. The Morgan fingerprint density at radius 1 is 1.10 bits per heavy atom. The van der Waals surface area contributed by atoms with Crippen molar-refractivity contribution in [2.75, 3.05) is 26.2 Å². The number of ether oxygens (including phenoxy) is 1. The van der Waals surface area contributed by atoms with Crippen LogP contribution in [0.2, 0.25) is 0 Å². The quantitative estimate of drug-likeness (QED) is 0.851. The minimum Gasteiger partial charge on any atom is -0.434 e. The van der Waals surface area contributed by atoms with Crippen molar-refractivity contribution in [1.82, 2.24) is 9.80 Å². The van der Waals surface area contributed by atoms with Gasteiger partial charge < -0.3 is 14.5 Å². The molecule has 2 amide bonds. The molecule has 1 aliphatic heterocycles. The summed E-state index contributed by atoms with van der Waals surface area (Å²) in [5.74, 6) is -0.538. The van der Waals surface area contributed by atoms with Gasteiger partial charge in [0.25, 0.3) is 5.91 Å². The molecule has 0 spiro atoms. The van der Waals surface area contributed by atoms with E-state index in [1.54, 1.807) is 11.0 Å². The zero-order chi connectivity index (χ0) is 15.4. The summed E-state index contributed by atoms with van der Waals surface area (Å²) in [4.78, 5) is 26.8. The Morgan fingerprint density at radius 2 is 1.67 bits per heavy atom. The van der Waals surface area contributed by atoms with E-state index < -0.39 is 6.61 Å². The molecule has 0 aliphatic carbocycles. The zero-order valence-electron chi connectivity index (χ0n) is 11.6. The summed E-state index contributed by atoms with van der Waals surface area (Å²) in [7, 11) is 0. The summed E-state index contributed by atoms with van der Waals surface area (Å²) in [6.07, 6.45) is 0. The summed E-state index contributed by atoms with van der Waals surface area (Å²) in [6, 6.07) is 5.92. The monoisotopic (exact) mass is 298 g/mol. The van der Waals surface area contributed by atoms with Gasteiger partial charge in [-0.3, -0.25) is 9.59 Å². The molecule has 0 unspecified atom stereocenters. The predicted molar refractivity (Wildman–Crippen MR) is 71.2 cm³/mol. The number of nitrogens with zero attached hydrogens (tertiary/aromatic N) is 2. The molecular formula is C14H16F2N2O3. The Balaban J connectivity index is 2.09. The second-order valence-corrected chi connectivity index (χ2v) is 4.67. The van der Waals surface area contributed by atoms with Gasteiger partial charge in [0, 0.05) is 33.1 Å². The van der Waals surface area contributed by atoms with Crippen LogP contribution in [0.5, 0.6) is 5.75 Å². The van der Waals surface area contributed by atoms with Crippen LogP contribution in [0.1, 0.15) is 17.3 Å². The summed E-state index contributed by atoms with van der Waals surface area (Å²) in [5.41, 5.74) is 0.106. The molecule has 1 saturated heterocycles. The van der Waals surface area contributed by atoms with Gasteiger partial charge in [-0.15, -0.1) is 0 Å². The molecule has 0 atom stereocenters. The maximum atomic E-state index is 12.4. The number of amides is 2. The molecule has 1 fully saturated rings. The Kier molecular flexibility index (Phi) is 4.72. The molecule has 0 aromatic heterocycles. The van der Waals surface area contributed by atoms with E-state index in [1.807, 2.05) is 0 Å². The maximum absolute atomic E-state index is 12.4. The first kappa shape index (κ1) is 15.2. The van der Waals surface area contributed by atoms with Crippen molar-refractivity contribution < 1.29 is 23.1 Å².